The Hall–Kier alpha value is -2.54. The van der Waals surface area contributed by atoms with Gasteiger partial charge in [-0.3, -0.25) is 4.79 Å². The molecule has 1 N–H and O–H groups in total. The lowest BCUT2D eigenvalue weighted by atomic mass is 10.1. The Bertz CT molecular complexity index is 860. The Labute approximate surface area is 153 Å². The van der Waals surface area contributed by atoms with Gasteiger partial charge in [0.25, 0.3) is 0 Å². The number of carbonyl (C=O) groups is 1. The van der Waals surface area contributed by atoms with Crippen LogP contribution in [0.5, 0.6) is 17.2 Å². The van der Waals surface area contributed by atoms with Crippen LogP contribution in [0.3, 0.4) is 0 Å². The average Bonchev–Trinajstić information content (AvgIpc) is 2.99. The zero-order valence-corrected chi connectivity index (χ0v) is 15.3. The Morgan fingerprint density at radius 3 is 2.15 bits per heavy atom. The molecule has 1 unspecified atom stereocenters. The molecule has 0 aliphatic carbocycles. The van der Waals surface area contributed by atoms with Crippen LogP contribution in [0.15, 0.2) is 48.5 Å². The van der Waals surface area contributed by atoms with Crippen molar-refractivity contribution in [2.75, 3.05) is 23.4 Å². The number of hydrogen-bond donors (Lipinski definition) is 1. The van der Waals surface area contributed by atoms with Crippen molar-refractivity contribution in [1.82, 2.24) is 0 Å². The van der Waals surface area contributed by atoms with Crippen LogP contribution >= 0.6 is 0 Å². The maximum absolute atomic E-state index is 12.1. The summed E-state index contributed by atoms with van der Waals surface area (Å²) in [6.07, 6.45) is 0.382. The number of amides is 1. The second-order valence-electron chi connectivity index (χ2n) is 6.12. The number of ether oxygens (including phenoxy) is 2. The van der Waals surface area contributed by atoms with E-state index in [-0.39, 0.29) is 17.4 Å². The minimum absolute atomic E-state index is 0.0717. The van der Waals surface area contributed by atoms with Crippen molar-refractivity contribution < 1.29 is 22.7 Å². The third-order valence-corrected chi connectivity index (χ3v) is 5.86. The number of nitrogens with one attached hydrogen (secondary N) is 1. The predicted molar refractivity (Wildman–Crippen MR) is 99.5 cm³/mol. The molecule has 1 aliphatic rings. The molecule has 1 amide bonds. The van der Waals surface area contributed by atoms with E-state index in [0.29, 0.717) is 30.2 Å². The molecule has 1 saturated heterocycles. The topological polar surface area (TPSA) is 81.7 Å². The molecule has 0 spiro atoms. The number of rotatable bonds is 6. The fraction of sp³-hybridized carbons (Fsp3) is 0.316. The van der Waals surface area contributed by atoms with Crippen LogP contribution in [0.4, 0.5) is 5.69 Å². The number of sulfone groups is 1. The quantitative estimate of drug-likeness (QED) is 0.838. The van der Waals surface area contributed by atoms with E-state index in [9.17, 15) is 13.2 Å². The summed E-state index contributed by atoms with van der Waals surface area (Å²) in [6, 6.07) is 14.3. The summed E-state index contributed by atoms with van der Waals surface area (Å²) in [4.78, 5) is 12.1. The summed E-state index contributed by atoms with van der Waals surface area (Å²) in [6.45, 7) is 2.54. The van der Waals surface area contributed by atoms with E-state index < -0.39 is 15.8 Å². The van der Waals surface area contributed by atoms with Gasteiger partial charge in [0.05, 0.1) is 24.0 Å². The molecule has 1 heterocycles. The molecule has 1 atom stereocenters. The van der Waals surface area contributed by atoms with Gasteiger partial charge in [-0.15, -0.1) is 0 Å². The van der Waals surface area contributed by atoms with Crippen LogP contribution in [-0.2, 0) is 14.6 Å². The lowest BCUT2D eigenvalue weighted by Gasteiger charge is -2.11. The van der Waals surface area contributed by atoms with Crippen LogP contribution in [0.2, 0.25) is 0 Å². The standard InChI is InChI=1S/C19H21NO5S/c1-2-24-16-7-9-18(10-8-16)25-17-5-3-15(4-6-17)20-19(21)14-11-12-26(22,23)13-14/h3-10,14H,2,11-13H2,1H3,(H,20,21). The van der Waals surface area contributed by atoms with Crippen LogP contribution in [-0.4, -0.2) is 32.4 Å². The summed E-state index contributed by atoms with van der Waals surface area (Å²) in [5, 5.41) is 2.76. The highest BCUT2D eigenvalue weighted by Gasteiger charge is 2.32. The van der Waals surface area contributed by atoms with Gasteiger partial charge in [0, 0.05) is 5.69 Å². The molecule has 0 aromatic heterocycles. The molecule has 6 nitrogen and oxygen atoms in total. The van der Waals surface area contributed by atoms with Crippen molar-refractivity contribution in [2.45, 2.75) is 13.3 Å². The van der Waals surface area contributed by atoms with Crippen molar-refractivity contribution in [3.05, 3.63) is 48.5 Å². The van der Waals surface area contributed by atoms with Gasteiger partial charge in [-0.25, -0.2) is 8.42 Å². The van der Waals surface area contributed by atoms with Crippen LogP contribution in [0.1, 0.15) is 13.3 Å². The van der Waals surface area contributed by atoms with E-state index in [1.165, 1.54) is 0 Å². The average molecular weight is 375 g/mol. The van der Waals surface area contributed by atoms with Gasteiger partial charge in [0.15, 0.2) is 9.84 Å². The molecule has 7 heteroatoms. The van der Waals surface area contributed by atoms with Gasteiger partial charge in [0.1, 0.15) is 17.2 Å². The Morgan fingerprint density at radius 1 is 1.04 bits per heavy atom. The van der Waals surface area contributed by atoms with Crippen molar-refractivity contribution in [3.8, 4) is 17.2 Å². The van der Waals surface area contributed by atoms with E-state index in [4.69, 9.17) is 9.47 Å². The maximum Gasteiger partial charge on any atom is 0.228 e. The first kappa shape index (κ1) is 18.3. The highest BCUT2D eigenvalue weighted by atomic mass is 32.2. The SMILES string of the molecule is CCOc1ccc(Oc2ccc(NC(=O)C3CCS(=O)(=O)C3)cc2)cc1. The van der Waals surface area contributed by atoms with Crippen LogP contribution < -0.4 is 14.8 Å². The molecule has 2 aromatic carbocycles. The molecular weight excluding hydrogens is 354 g/mol. The zero-order valence-electron chi connectivity index (χ0n) is 14.5. The molecule has 0 radical (unpaired) electrons. The molecule has 2 aromatic rings. The fourth-order valence-corrected chi connectivity index (χ4v) is 4.50. The van der Waals surface area contributed by atoms with Crippen molar-refractivity contribution in [3.63, 3.8) is 0 Å². The maximum atomic E-state index is 12.1. The molecule has 0 bridgehead atoms. The number of hydrogen-bond acceptors (Lipinski definition) is 5. The van der Waals surface area contributed by atoms with Gasteiger partial charge in [-0.2, -0.15) is 0 Å². The van der Waals surface area contributed by atoms with Crippen molar-refractivity contribution >= 4 is 21.4 Å². The largest absolute Gasteiger partial charge is 0.494 e. The second kappa shape index (κ2) is 7.78. The van der Waals surface area contributed by atoms with Gasteiger partial charge in [-0.1, -0.05) is 0 Å². The van der Waals surface area contributed by atoms with Gasteiger partial charge in [0.2, 0.25) is 5.91 Å². The van der Waals surface area contributed by atoms with Crippen LogP contribution in [0.25, 0.3) is 0 Å². The highest BCUT2D eigenvalue weighted by molar-refractivity contribution is 7.91. The molecule has 3 rings (SSSR count). The summed E-state index contributed by atoms with van der Waals surface area (Å²) in [5.41, 5.74) is 0.610. The number of carbonyl (C=O) groups excluding carboxylic acids is 1. The Balaban J connectivity index is 1.57. The smallest absolute Gasteiger partial charge is 0.228 e. The van der Waals surface area contributed by atoms with E-state index in [1.54, 1.807) is 24.3 Å². The predicted octanol–water partition coefficient (Wildman–Crippen LogP) is 3.25. The molecular formula is C19H21NO5S. The first-order valence-corrected chi connectivity index (χ1v) is 10.3. The normalized spacial score (nSPS) is 18.3. The summed E-state index contributed by atoms with van der Waals surface area (Å²) in [7, 11) is -3.07. The van der Waals surface area contributed by atoms with Crippen LogP contribution in [0, 0.1) is 5.92 Å². The molecule has 1 aliphatic heterocycles. The lowest BCUT2D eigenvalue weighted by molar-refractivity contribution is -0.119. The zero-order chi connectivity index (χ0) is 18.6. The highest BCUT2D eigenvalue weighted by Crippen LogP contribution is 2.26. The Morgan fingerprint density at radius 2 is 1.62 bits per heavy atom. The summed E-state index contributed by atoms with van der Waals surface area (Å²) in [5.74, 6) is 1.38. The van der Waals surface area contributed by atoms with E-state index >= 15 is 0 Å². The molecule has 0 saturated carbocycles. The molecule has 1 fully saturated rings. The van der Waals surface area contributed by atoms with Gasteiger partial charge < -0.3 is 14.8 Å². The second-order valence-corrected chi connectivity index (χ2v) is 8.35. The number of anilines is 1. The minimum Gasteiger partial charge on any atom is -0.494 e. The van der Waals surface area contributed by atoms with E-state index in [1.807, 2.05) is 31.2 Å². The third-order valence-electron chi connectivity index (χ3n) is 4.10. The van der Waals surface area contributed by atoms with Crippen molar-refractivity contribution in [1.29, 1.82) is 0 Å². The van der Waals surface area contributed by atoms with E-state index in [2.05, 4.69) is 5.32 Å². The summed E-state index contributed by atoms with van der Waals surface area (Å²) >= 11 is 0. The number of benzene rings is 2. The van der Waals surface area contributed by atoms with Gasteiger partial charge >= 0.3 is 0 Å². The first-order valence-electron chi connectivity index (χ1n) is 8.47. The molecule has 138 valence electrons. The monoisotopic (exact) mass is 375 g/mol. The molecule has 26 heavy (non-hydrogen) atoms. The van der Waals surface area contributed by atoms with Crippen molar-refractivity contribution in [2.24, 2.45) is 5.92 Å². The minimum atomic E-state index is -3.07. The summed E-state index contributed by atoms with van der Waals surface area (Å²) < 4.78 is 34.1. The first-order chi connectivity index (χ1) is 12.4. The van der Waals surface area contributed by atoms with E-state index in [0.717, 1.165) is 5.75 Å². The Kier molecular flexibility index (Phi) is 5.46. The van der Waals surface area contributed by atoms with Gasteiger partial charge in [-0.05, 0) is 61.9 Å². The third kappa shape index (κ3) is 4.76. The fourth-order valence-electron chi connectivity index (χ4n) is 2.76. The lowest BCUT2D eigenvalue weighted by Crippen LogP contribution is -2.23.